The zero-order valence-corrected chi connectivity index (χ0v) is 14.1. The Hall–Kier alpha value is -1.67. The monoisotopic (exact) mass is 343 g/mol. The minimum atomic E-state index is -3.23. The number of piperidine rings is 1. The number of hydrogen-bond donors (Lipinski definition) is 2. The fourth-order valence-electron chi connectivity index (χ4n) is 2.68. The summed E-state index contributed by atoms with van der Waals surface area (Å²) in [7, 11) is -3.23. The summed E-state index contributed by atoms with van der Waals surface area (Å²) in [6, 6.07) is 5.49. The predicted molar refractivity (Wildman–Crippen MR) is 85.9 cm³/mol. The lowest BCUT2D eigenvalue weighted by molar-refractivity contribution is 0.177. The molecule has 1 atom stereocenters. The molecule has 6 nitrogen and oxygen atoms in total. The van der Waals surface area contributed by atoms with E-state index in [1.54, 1.807) is 30.0 Å². The van der Waals surface area contributed by atoms with Crippen molar-refractivity contribution in [1.29, 1.82) is 0 Å². The van der Waals surface area contributed by atoms with Crippen LogP contribution in [0.25, 0.3) is 0 Å². The first kappa shape index (κ1) is 17.7. The lowest BCUT2D eigenvalue weighted by Gasteiger charge is -2.32. The molecule has 1 aliphatic heterocycles. The molecule has 1 aromatic rings. The van der Waals surface area contributed by atoms with Gasteiger partial charge in [-0.15, -0.1) is 0 Å². The molecule has 0 aliphatic carbocycles. The molecule has 8 heteroatoms. The van der Waals surface area contributed by atoms with Crippen molar-refractivity contribution in [2.24, 2.45) is 0 Å². The van der Waals surface area contributed by atoms with Gasteiger partial charge in [-0.3, -0.25) is 0 Å². The van der Waals surface area contributed by atoms with Gasteiger partial charge in [0.2, 0.25) is 10.0 Å². The van der Waals surface area contributed by atoms with E-state index in [1.165, 1.54) is 6.07 Å². The van der Waals surface area contributed by atoms with Crippen molar-refractivity contribution in [2.75, 3.05) is 19.3 Å². The van der Waals surface area contributed by atoms with Crippen LogP contribution in [-0.2, 0) is 10.0 Å². The highest BCUT2D eigenvalue weighted by Crippen LogP contribution is 2.17. The number of rotatable bonds is 4. The van der Waals surface area contributed by atoms with Crippen LogP contribution >= 0.6 is 0 Å². The average molecular weight is 343 g/mol. The summed E-state index contributed by atoms with van der Waals surface area (Å²) in [5.74, 6) is -0.351. The van der Waals surface area contributed by atoms with E-state index < -0.39 is 16.1 Å². The molecule has 1 heterocycles. The normalized spacial score (nSPS) is 17.8. The summed E-state index contributed by atoms with van der Waals surface area (Å²) >= 11 is 0. The zero-order chi connectivity index (χ0) is 17.0. The van der Waals surface area contributed by atoms with E-state index >= 15 is 0 Å². The first-order valence-corrected chi connectivity index (χ1v) is 9.42. The Balaban J connectivity index is 1.87. The minimum Gasteiger partial charge on any atom is -0.331 e. The number of halogens is 1. The van der Waals surface area contributed by atoms with E-state index in [1.807, 2.05) is 0 Å². The first-order chi connectivity index (χ1) is 10.8. The summed E-state index contributed by atoms with van der Waals surface area (Å²) in [5, 5.41) is 2.78. The number of carbonyl (C=O) groups is 1. The lowest BCUT2D eigenvalue weighted by Crippen LogP contribution is -2.49. The van der Waals surface area contributed by atoms with Gasteiger partial charge in [0, 0.05) is 24.7 Å². The van der Waals surface area contributed by atoms with Crippen molar-refractivity contribution in [2.45, 2.75) is 31.8 Å². The van der Waals surface area contributed by atoms with Crippen molar-refractivity contribution in [3.63, 3.8) is 0 Å². The third-order valence-corrected chi connectivity index (χ3v) is 4.64. The Morgan fingerprint density at radius 1 is 1.30 bits per heavy atom. The van der Waals surface area contributed by atoms with Crippen LogP contribution in [0.3, 0.4) is 0 Å². The molecule has 2 rings (SSSR count). The Labute approximate surface area is 136 Å². The second-order valence-electron chi connectivity index (χ2n) is 5.84. The summed E-state index contributed by atoms with van der Waals surface area (Å²) in [4.78, 5) is 13.9. The molecule has 0 spiro atoms. The second-order valence-corrected chi connectivity index (χ2v) is 7.62. The number of carbonyl (C=O) groups excluding carboxylic acids is 1. The van der Waals surface area contributed by atoms with Gasteiger partial charge < -0.3 is 10.2 Å². The van der Waals surface area contributed by atoms with Gasteiger partial charge in [-0.1, -0.05) is 18.2 Å². The number of hydrogen-bond acceptors (Lipinski definition) is 3. The maximum Gasteiger partial charge on any atom is 0.317 e. The van der Waals surface area contributed by atoms with Crippen molar-refractivity contribution in [1.82, 2.24) is 14.9 Å². The number of benzene rings is 1. The molecule has 0 radical (unpaired) electrons. The maximum absolute atomic E-state index is 13.7. The maximum atomic E-state index is 13.7. The van der Waals surface area contributed by atoms with E-state index in [0.717, 1.165) is 6.26 Å². The summed E-state index contributed by atoms with van der Waals surface area (Å²) in [6.45, 7) is 2.65. The zero-order valence-electron chi connectivity index (χ0n) is 13.3. The SMILES string of the molecule is C[C@H](NC(=O)N1CCC(NS(C)(=O)=O)CC1)c1ccccc1F. The number of nitrogens with one attached hydrogen (secondary N) is 2. The standard InChI is InChI=1S/C15H22FN3O3S/c1-11(13-5-3-4-6-14(13)16)17-15(20)19-9-7-12(8-10-19)18-23(2,21)22/h3-6,11-12,18H,7-10H2,1-2H3,(H,17,20)/t11-/m0/s1. The number of likely N-dealkylation sites (tertiary alicyclic amines) is 1. The Bertz CT molecular complexity index is 658. The van der Waals surface area contributed by atoms with Crippen LogP contribution in [0, 0.1) is 5.82 Å². The van der Waals surface area contributed by atoms with E-state index in [-0.39, 0.29) is 17.9 Å². The second kappa shape index (κ2) is 7.27. The molecular formula is C15H22FN3O3S. The Morgan fingerprint density at radius 2 is 1.91 bits per heavy atom. The highest BCUT2D eigenvalue weighted by molar-refractivity contribution is 7.88. The van der Waals surface area contributed by atoms with Gasteiger partial charge in [0.15, 0.2) is 0 Å². The third-order valence-electron chi connectivity index (χ3n) is 3.87. The van der Waals surface area contributed by atoms with Crippen molar-refractivity contribution in [3.8, 4) is 0 Å². The third kappa shape index (κ3) is 5.18. The van der Waals surface area contributed by atoms with Gasteiger partial charge in [0.1, 0.15) is 5.82 Å². The van der Waals surface area contributed by atoms with Crippen LogP contribution in [0.15, 0.2) is 24.3 Å². The van der Waals surface area contributed by atoms with E-state index in [4.69, 9.17) is 0 Å². The highest BCUT2D eigenvalue weighted by atomic mass is 32.2. The number of amides is 2. The molecule has 0 bridgehead atoms. The fraction of sp³-hybridized carbons (Fsp3) is 0.533. The molecule has 0 unspecified atom stereocenters. The lowest BCUT2D eigenvalue weighted by atomic mass is 10.1. The number of sulfonamides is 1. The van der Waals surface area contributed by atoms with E-state index in [0.29, 0.717) is 31.5 Å². The molecule has 1 aromatic carbocycles. The topological polar surface area (TPSA) is 78.5 Å². The fourth-order valence-corrected chi connectivity index (χ4v) is 3.52. The van der Waals surface area contributed by atoms with Gasteiger partial charge in [-0.05, 0) is 25.8 Å². The first-order valence-electron chi connectivity index (χ1n) is 7.53. The van der Waals surface area contributed by atoms with Crippen LogP contribution < -0.4 is 10.0 Å². The summed E-state index contributed by atoms with van der Waals surface area (Å²) in [6.07, 6.45) is 2.26. The molecule has 1 fully saturated rings. The molecule has 1 saturated heterocycles. The molecule has 128 valence electrons. The average Bonchev–Trinajstić information content (AvgIpc) is 2.46. The van der Waals surface area contributed by atoms with Crippen molar-refractivity contribution < 1.29 is 17.6 Å². The van der Waals surface area contributed by atoms with Crippen LogP contribution in [0.2, 0.25) is 0 Å². The minimum absolute atomic E-state index is 0.141. The van der Waals surface area contributed by atoms with Crippen LogP contribution in [0.4, 0.5) is 9.18 Å². The number of nitrogens with zero attached hydrogens (tertiary/aromatic N) is 1. The van der Waals surface area contributed by atoms with Gasteiger partial charge >= 0.3 is 6.03 Å². The molecule has 0 saturated carbocycles. The van der Waals surface area contributed by atoms with Gasteiger partial charge in [0.05, 0.1) is 12.3 Å². The summed E-state index contributed by atoms with van der Waals surface area (Å²) < 4.78 is 38.7. The molecule has 1 aliphatic rings. The van der Waals surface area contributed by atoms with Gasteiger partial charge in [0.25, 0.3) is 0 Å². The van der Waals surface area contributed by atoms with Gasteiger partial charge in [-0.25, -0.2) is 22.3 Å². The quantitative estimate of drug-likeness (QED) is 0.872. The molecular weight excluding hydrogens is 321 g/mol. The highest BCUT2D eigenvalue weighted by Gasteiger charge is 2.25. The van der Waals surface area contributed by atoms with Crippen molar-refractivity contribution in [3.05, 3.63) is 35.6 Å². The van der Waals surface area contributed by atoms with Crippen LogP contribution in [0.1, 0.15) is 31.4 Å². The van der Waals surface area contributed by atoms with E-state index in [2.05, 4.69) is 10.0 Å². The molecule has 23 heavy (non-hydrogen) atoms. The smallest absolute Gasteiger partial charge is 0.317 e. The summed E-state index contributed by atoms with van der Waals surface area (Å²) in [5.41, 5.74) is 0.439. The molecule has 0 aromatic heterocycles. The predicted octanol–water partition coefficient (Wildman–Crippen LogP) is 1.61. The van der Waals surface area contributed by atoms with Gasteiger partial charge in [-0.2, -0.15) is 0 Å². The number of urea groups is 1. The Morgan fingerprint density at radius 3 is 2.48 bits per heavy atom. The van der Waals surface area contributed by atoms with E-state index in [9.17, 15) is 17.6 Å². The molecule has 2 N–H and O–H groups in total. The Kier molecular flexibility index (Phi) is 5.59. The largest absolute Gasteiger partial charge is 0.331 e. The van der Waals surface area contributed by atoms with Crippen LogP contribution in [-0.4, -0.2) is 44.7 Å². The molecule has 2 amide bonds. The van der Waals surface area contributed by atoms with Crippen molar-refractivity contribution >= 4 is 16.1 Å². The van der Waals surface area contributed by atoms with Crippen LogP contribution in [0.5, 0.6) is 0 Å².